The van der Waals surface area contributed by atoms with Gasteiger partial charge in [-0.2, -0.15) is 5.10 Å². The maximum absolute atomic E-state index is 6.00. The number of hydrogen-bond acceptors (Lipinski definition) is 3. The van der Waals surface area contributed by atoms with E-state index in [-0.39, 0.29) is 6.10 Å². The Balaban J connectivity index is 1.76. The maximum Gasteiger partial charge on any atom is 0.123 e. The summed E-state index contributed by atoms with van der Waals surface area (Å²) in [6, 6.07) is 8.28. The Bertz CT molecular complexity index is 593. The van der Waals surface area contributed by atoms with E-state index in [0.29, 0.717) is 0 Å². The SMILES string of the molecule is CNCc1c(C)nn(CC2Cc3ccccc3O2)c1C. The zero-order valence-electron chi connectivity index (χ0n) is 12.3. The Morgan fingerprint density at radius 1 is 1.35 bits per heavy atom. The second-order valence-corrected chi connectivity index (χ2v) is 5.41. The van der Waals surface area contributed by atoms with Crippen molar-refractivity contribution >= 4 is 0 Å². The fourth-order valence-electron chi connectivity index (χ4n) is 2.89. The van der Waals surface area contributed by atoms with Gasteiger partial charge in [0.15, 0.2) is 0 Å². The number of aromatic nitrogens is 2. The van der Waals surface area contributed by atoms with Crippen molar-refractivity contribution in [2.75, 3.05) is 7.05 Å². The number of benzene rings is 1. The molecular formula is C16H21N3O. The first-order valence-electron chi connectivity index (χ1n) is 7.11. The van der Waals surface area contributed by atoms with Crippen LogP contribution >= 0.6 is 0 Å². The van der Waals surface area contributed by atoms with Crippen LogP contribution in [0.1, 0.15) is 22.5 Å². The van der Waals surface area contributed by atoms with Gasteiger partial charge in [0.2, 0.25) is 0 Å². The van der Waals surface area contributed by atoms with Crippen LogP contribution in [0, 0.1) is 13.8 Å². The minimum atomic E-state index is 0.188. The smallest absolute Gasteiger partial charge is 0.123 e. The second-order valence-electron chi connectivity index (χ2n) is 5.41. The van der Waals surface area contributed by atoms with Gasteiger partial charge in [-0.3, -0.25) is 4.68 Å². The van der Waals surface area contributed by atoms with Crippen molar-refractivity contribution in [3.63, 3.8) is 0 Å². The summed E-state index contributed by atoms with van der Waals surface area (Å²) in [5.41, 5.74) is 4.93. The third-order valence-corrected chi connectivity index (χ3v) is 3.98. The number of fused-ring (bicyclic) bond motifs is 1. The molecule has 0 amide bonds. The van der Waals surface area contributed by atoms with Crippen LogP contribution in [0.2, 0.25) is 0 Å². The molecule has 1 atom stereocenters. The van der Waals surface area contributed by atoms with Crippen molar-refractivity contribution < 1.29 is 4.74 Å². The standard InChI is InChI=1S/C16H21N3O/c1-11-15(9-17-3)12(2)19(18-11)10-14-8-13-6-4-5-7-16(13)20-14/h4-7,14,17H,8-10H2,1-3H3. The Morgan fingerprint density at radius 2 is 2.15 bits per heavy atom. The second kappa shape index (κ2) is 5.29. The van der Waals surface area contributed by atoms with E-state index in [2.05, 4.69) is 41.1 Å². The first-order chi connectivity index (χ1) is 9.69. The third kappa shape index (κ3) is 2.31. The molecule has 0 saturated heterocycles. The summed E-state index contributed by atoms with van der Waals surface area (Å²) in [5, 5.41) is 7.85. The van der Waals surface area contributed by atoms with Gasteiger partial charge in [0.25, 0.3) is 0 Å². The summed E-state index contributed by atoms with van der Waals surface area (Å²) in [6.07, 6.45) is 1.16. The van der Waals surface area contributed by atoms with Gasteiger partial charge in [-0.1, -0.05) is 18.2 Å². The number of para-hydroxylation sites is 1. The van der Waals surface area contributed by atoms with Crippen molar-refractivity contribution in [1.82, 2.24) is 15.1 Å². The zero-order valence-corrected chi connectivity index (χ0v) is 12.3. The zero-order chi connectivity index (χ0) is 14.1. The van der Waals surface area contributed by atoms with Crippen LogP contribution in [0.4, 0.5) is 0 Å². The lowest BCUT2D eigenvalue weighted by molar-refractivity contribution is 0.202. The molecule has 1 aromatic carbocycles. The molecule has 0 bridgehead atoms. The number of nitrogens with one attached hydrogen (secondary N) is 1. The number of ether oxygens (including phenoxy) is 1. The molecule has 1 aromatic heterocycles. The molecule has 1 aliphatic rings. The van der Waals surface area contributed by atoms with E-state index < -0.39 is 0 Å². The van der Waals surface area contributed by atoms with Crippen LogP contribution in [-0.4, -0.2) is 22.9 Å². The van der Waals surface area contributed by atoms with Gasteiger partial charge >= 0.3 is 0 Å². The van der Waals surface area contributed by atoms with Crippen LogP contribution in [-0.2, 0) is 19.5 Å². The van der Waals surface area contributed by atoms with E-state index in [1.807, 2.05) is 19.2 Å². The van der Waals surface area contributed by atoms with Gasteiger partial charge in [0.05, 0.1) is 12.2 Å². The van der Waals surface area contributed by atoms with Crippen molar-refractivity contribution in [3.8, 4) is 5.75 Å². The fourth-order valence-corrected chi connectivity index (χ4v) is 2.89. The Morgan fingerprint density at radius 3 is 2.90 bits per heavy atom. The van der Waals surface area contributed by atoms with Crippen molar-refractivity contribution in [3.05, 3.63) is 46.8 Å². The van der Waals surface area contributed by atoms with E-state index >= 15 is 0 Å². The number of aryl methyl sites for hydroxylation is 1. The van der Waals surface area contributed by atoms with Gasteiger partial charge in [-0.05, 0) is 32.5 Å². The third-order valence-electron chi connectivity index (χ3n) is 3.98. The molecular weight excluding hydrogens is 250 g/mol. The molecule has 2 aromatic rings. The molecule has 1 aliphatic heterocycles. The molecule has 1 unspecified atom stereocenters. The molecule has 4 heteroatoms. The van der Waals surface area contributed by atoms with E-state index in [1.165, 1.54) is 16.8 Å². The minimum Gasteiger partial charge on any atom is -0.488 e. The maximum atomic E-state index is 6.00. The minimum absolute atomic E-state index is 0.188. The van der Waals surface area contributed by atoms with Crippen LogP contribution < -0.4 is 10.1 Å². The predicted molar refractivity (Wildman–Crippen MR) is 79.0 cm³/mol. The highest BCUT2D eigenvalue weighted by Gasteiger charge is 2.24. The quantitative estimate of drug-likeness (QED) is 0.927. The Labute approximate surface area is 119 Å². The predicted octanol–water partition coefficient (Wildman–Crippen LogP) is 2.22. The molecule has 2 heterocycles. The monoisotopic (exact) mass is 271 g/mol. The highest BCUT2D eigenvalue weighted by atomic mass is 16.5. The van der Waals surface area contributed by atoms with Crippen molar-refractivity contribution in [2.24, 2.45) is 0 Å². The molecule has 1 N–H and O–H groups in total. The highest BCUT2D eigenvalue weighted by Crippen LogP contribution is 2.29. The summed E-state index contributed by atoms with van der Waals surface area (Å²) in [6.45, 7) is 5.88. The number of nitrogens with zero attached hydrogens (tertiary/aromatic N) is 2. The largest absolute Gasteiger partial charge is 0.488 e. The van der Waals surface area contributed by atoms with E-state index in [4.69, 9.17) is 4.74 Å². The molecule has 0 spiro atoms. The lowest BCUT2D eigenvalue weighted by atomic mass is 10.1. The van der Waals surface area contributed by atoms with Crippen LogP contribution in [0.15, 0.2) is 24.3 Å². The molecule has 4 nitrogen and oxygen atoms in total. The van der Waals surface area contributed by atoms with E-state index in [1.54, 1.807) is 0 Å². The number of hydrogen-bond donors (Lipinski definition) is 1. The first kappa shape index (κ1) is 13.2. The molecule has 0 aliphatic carbocycles. The summed E-state index contributed by atoms with van der Waals surface area (Å²) < 4.78 is 8.08. The van der Waals surface area contributed by atoms with Crippen LogP contribution in [0.3, 0.4) is 0 Å². The average molecular weight is 271 g/mol. The van der Waals surface area contributed by atoms with Gasteiger partial charge in [0, 0.05) is 24.2 Å². The fraction of sp³-hybridized carbons (Fsp3) is 0.438. The topological polar surface area (TPSA) is 39.1 Å². The summed E-state index contributed by atoms with van der Waals surface area (Å²) in [4.78, 5) is 0. The first-order valence-corrected chi connectivity index (χ1v) is 7.11. The lowest BCUT2D eigenvalue weighted by Gasteiger charge is -2.12. The van der Waals surface area contributed by atoms with Gasteiger partial charge < -0.3 is 10.1 Å². The summed E-state index contributed by atoms with van der Waals surface area (Å²) in [7, 11) is 1.97. The normalized spacial score (nSPS) is 17.1. The van der Waals surface area contributed by atoms with E-state index in [0.717, 1.165) is 31.0 Å². The highest BCUT2D eigenvalue weighted by molar-refractivity contribution is 5.37. The van der Waals surface area contributed by atoms with Gasteiger partial charge in [-0.15, -0.1) is 0 Å². The van der Waals surface area contributed by atoms with Crippen LogP contribution in [0.25, 0.3) is 0 Å². The van der Waals surface area contributed by atoms with E-state index in [9.17, 15) is 0 Å². The van der Waals surface area contributed by atoms with Gasteiger partial charge in [-0.25, -0.2) is 0 Å². The molecule has 20 heavy (non-hydrogen) atoms. The summed E-state index contributed by atoms with van der Waals surface area (Å²) in [5.74, 6) is 1.02. The summed E-state index contributed by atoms with van der Waals surface area (Å²) >= 11 is 0. The van der Waals surface area contributed by atoms with Crippen molar-refractivity contribution in [2.45, 2.75) is 39.5 Å². The molecule has 106 valence electrons. The Kier molecular flexibility index (Phi) is 3.49. The number of rotatable bonds is 4. The molecule has 3 rings (SSSR count). The lowest BCUT2D eigenvalue weighted by Crippen LogP contribution is -2.22. The van der Waals surface area contributed by atoms with Crippen LogP contribution in [0.5, 0.6) is 5.75 Å². The molecule has 0 radical (unpaired) electrons. The van der Waals surface area contributed by atoms with Gasteiger partial charge in [0.1, 0.15) is 11.9 Å². The Hall–Kier alpha value is -1.81. The molecule has 0 saturated carbocycles. The molecule has 0 fully saturated rings. The van der Waals surface area contributed by atoms with Crippen molar-refractivity contribution in [1.29, 1.82) is 0 Å². The average Bonchev–Trinajstić information content (AvgIpc) is 2.95.